The molecule has 1 nitrogen and oxygen atoms in total. The lowest BCUT2D eigenvalue weighted by Gasteiger charge is -2.16. The van der Waals surface area contributed by atoms with Crippen molar-refractivity contribution in [2.24, 2.45) is 0 Å². The van der Waals surface area contributed by atoms with Crippen LogP contribution in [0.3, 0.4) is 0 Å². The Labute approximate surface area is 105 Å². The molecule has 0 aliphatic heterocycles. The molecule has 1 saturated carbocycles. The van der Waals surface area contributed by atoms with E-state index in [1.54, 1.807) is 0 Å². The molecule has 1 aromatic rings. The summed E-state index contributed by atoms with van der Waals surface area (Å²) in [7, 11) is 0. The van der Waals surface area contributed by atoms with Crippen LogP contribution in [0.15, 0.2) is 22.7 Å². The van der Waals surface area contributed by atoms with Crippen LogP contribution < -0.4 is 4.74 Å². The molecule has 14 heavy (non-hydrogen) atoms. The summed E-state index contributed by atoms with van der Waals surface area (Å²) in [6, 6.07) is 5.65. The van der Waals surface area contributed by atoms with E-state index in [2.05, 4.69) is 31.9 Å². The van der Waals surface area contributed by atoms with E-state index in [1.165, 1.54) is 0 Å². The van der Waals surface area contributed by atoms with Crippen molar-refractivity contribution in [2.75, 3.05) is 5.33 Å². The number of alkyl halides is 1. The summed E-state index contributed by atoms with van der Waals surface area (Å²) in [6.45, 7) is 0. The van der Waals surface area contributed by atoms with Gasteiger partial charge in [-0.1, -0.05) is 43.5 Å². The Morgan fingerprint density at radius 2 is 2.14 bits per heavy atom. The molecule has 2 rings (SSSR count). The Balaban J connectivity index is 2.20. The van der Waals surface area contributed by atoms with Crippen molar-refractivity contribution >= 4 is 43.5 Å². The molecule has 1 aliphatic carbocycles. The summed E-state index contributed by atoms with van der Waals surface area (Å²) in [5, 5.41) is 1.53. The minimum atomic E-state index is -0.00949. The number of rotatable bonds is 3. The highest BCUT2D eigenvalue weighted by molar-refractivity contribution is 9.10. The van der Waals surface area contributed by atoms with E-state index >= 15 is 0 Å². The molecule has 0 N–H and O–H groups in total. The van der Waals surface area contributed by atoms with Gasteiger partial charge in [0.25, 0.3) is 0 Å². The number of halogens is 3. The van der Waals surface area contributed by atoms with Gasteiger partial charge in [0.2, 0.25) is 0 Å². The third kappa shape index (κ3) is 2.26. The summed E-state index contributed by atoms with van der Waals surface area (Å²) in [4.78, 5) is 0. The smallest absolute Gasteiger partial charge is 0.139 e. The summed E-state index contributed by atoms with van der Waals surface area (Å²) >= 11 is 12.9. The van der Waals surface area contributed by atoms with Gasteiger partial charge in [0.1, 0.15) is 11.4 Å². The summed E-state index contributed by atoms with van der Waals surface area (Å²) in [5.74, 6) is 0.762. The Bertz CT molecular complexity index is 350. The van der Waals surface area contributed by atoms with Crippen molar-refractivity contribution in [1.82, 2.24) is 0 Å². The molecule has 1 fully saturated rings. The van der Waals surface area contributed by atoms with Gasteiger partial charge < -0.3 is 4.74 Å². The highest BCUT2D eigenvalue weighted by Crippen LogP contribution is 2.43. The standard InChI is InChI=1S/C10H9Br2ClO/c11-6-10(3-4-10)14-9-5-7(12)1-2-8(9)13/h1-2,5H,3-4,6H2. The fourth-order valence-corrected chi connectivity index (χ4v) is 2.36. The average Bonchev–Trinajstić information content (AvgIpc) is 2.92. The SMILES string of the molecule is Clc1ccc(Br)cc1OC1(CBr)CC1. The minimum absolute atomic E-state index is 0.00949. The average molecular weight is 340 g/mol. The van der Waals surface area contributed by atoms with E-state index in [0.29, 0.717) is 5.02 Å². The molecule has 1 aromatic carbocycles. The number of hydrogen-bond acceptors (Lipinski definition) is 1. The first-order valence-corrected chi connectivity index (χ1v) is 6.64. The third-order valence-electron chi connectivity index (χ3n) is 2.27. The van der Waals surface area contributed by atoms with Gasteiger partial charge in [-0.25, -0.2) is 0 Å². The fourth-order valence-electron chi connectivity index (χ4n) is 1.19. The lowest BCUT2D eigenvalue weighted by Crippen LogP contribution is -2.19. The number of ether oxygens (including phenoxy) is 1. The molecule has 0 aromatic heterocycles. The molecule has 0 radical (unpaired) electrons. The molecule has 0 unspecified atom stereocenters. The summed E-state index contributed by atoms with van der Waals surface area (Å²) < 4.78 is 6.85. The first kappa shape index (κ1) is 10.8. The highest BCUT2D eigenvalue weighted by atomic mass is 79.9. The molecule has 0 saturated heterocycles. The van der Waals surface area contributed by atoms with Crippen LogP contribution in [0.5, 0.6) is 5.75 Å². The van der Waals surface area contributed by atoms with Crippen molar-refractivity contribution in [1.29, 1.82) is 0 Å². The zero-order valence-electron chi connectivity index (χ0n) is 7.40. The lowest BCUT2D eigenvalue weighted by molar-refractivity contribution is 0.206. The van der Waals surface area contributed by atoms with Gasteiger partial charge in [0.15, 0.2) is 0 Å². The monoisotopic (exact) mass is 338 g/mol. The molecular weight excluding hydrogens is 331 g/mol. The molecule has 0 heterocycles. The quantitative estimate of drug-likeness (QED) is 0.741. The molecule has 0 bridgehead atoms. The van der Waals surface area contributed by atoms with Gasteiger partial charge in [-0.15, -0.1) is 0 Å². The van der Waals surface area contributed by atoms with Crippen LogP contribution in [0.25, 0.3) is 0 Å². The first-order chi connectivity index (χ1) is 6.65. The minimum Gasteiger partial charge on any atom is -0.485 e. The Morgan fingerprint density at radius 1 is 1.43 bits per heavy atom. The van der Waals surface area contributed by atoms with Crippen molar-refractivity contribution in [3.8, 4) is 5.75 Å². The largest absolute Gasteiger partial charge is 0.485 e. The lowest BCUT2D eigenvalue weighted by atomic mass is 10.3. The second-order valence-corrected chi connectivity index (χ2v) is 5.38. The van der Waals surface area contributed by atoms with Crippen molar-refractivity contribution in [3.05, 3.63) is 27.7 Å². The molecule has 4 heteroatoms. The number of benzene rings is 1. The van der Waals surface area contributed by atoms with Crippen molar-refractivity contribution < 1.29 is 4.74 Å². The van der Waals surface area contributed by atoms with E-state index in [9.17, 15) is 0 Å². The second kappa shape index (κ2) is 4.03. The van der Waals surface area contributed by atoms with E-state index < -0.39 is 0 Å². The Morgan fingerprint density at radius 3 is 2.71 bits per heavy atom. The van der Waals surface area contributed by atoms with E-state index in [4.69, 9.17) is 16.3 Å². The number of hydrogen-bond donors (Lipinski definition) is 0. The van der Waals surface area contributed by atoms with Crippen LogP contribution in [0, 0.1) is 0 Å². The van der Waals surface area contributed by atoms with Gasteiger partial charge >= 0.3 is 0 Å². The maximum absolute atomic E-state index is 6.03. The molecule has 1 aliphatic rings. The van der Waals surface area contributed by atoms with Crippen LogP contribution in [-0.4, -0.2) is 10.9 Å². The second-order valence-electron chi connectivity index (χ2n) is 3.49. The highest BCUT2D eigenvalue weighted by Gasteiger charge is 2.44. The Kier molecular flexibility index (Phi) is 3.10. The Hall–Kier alpha value is 0.270. The maximum atomic E-state index is 6.03. The van der Waals surface area contributed by atoms with Crippen molar-refractivity contribution in [2.45, 2.75) is 18.4 Å². The van der Waals surface area contributed by atoms with E-state index in [1.807, 2.05) is 18.2 Å². The molecule has 0 amide bonds. The maximum Gasteiger partial charge on any atom is 0.139 e. The van der Waals surface area contributed by atoms with Gasteiger partial charge in [0.05, 0.1) is 5.02 Å². The fraction of sp³-hybridized carbons (Fsp3) is 0.400. The van der Waals surface area contributed by atoms with E-state index in [0.717, 1.165) is 28.4 Å². The van der Waals surface area contributed by atoms with Crippen molar-refractivity contribution in [3.63, 3.8) is 0 Å². The normalized spacial score (nSPS) is 17.9. The van der Waals surface area contributed by atoms with Crippen LogP contribution in [0.4, 0.5) is 0 Å². The zero-order valence-corrected chi connectivity index (χ0v) is 11.3. The van der Waals surface area contributed by atoms with Gasteiger partial charge in [-0.05, 0) is 31.0 Å². The summed E-state index contributed by atoms with van der Waals surface area (Å²) in [5.41, 5.74) is -0.00949. The zero-order chi connectivity index (χ0) is 10.2. The predicted molar refractivity (Wildman–Crippen MR) is 65.5 cm³/mol. The predicted octanol–water partition coefficient (Wildman–Crippen LogP) is 4.41. The molecule has 0 atom stereocenters. The van der Waals surface area contributed by atoms with Crippen LogP contribution in [0.2, 0.25) is 5.02 Å². The van der Waals surface area contributed by atoms with Gasteiger partial charge in [-0.2, -0.15) is 0 Å². The first-order valence-electron chi connectivity index (χ1n) is 4.35. The molecule has 76 valence electrons. The van der Waals surface area contributed by atoms with E-state index in [-0.39, 0.29) is 5.60 Å². The van der Waals surface area contributed by atoms with Crippen LogP contribution >= 0.6 is 43.5 Å². The third-order valence-corrected chi connectivity index (χ3v) is 4.10. The summed E-state index contributed by atoms with van der Waals surface area (Å²) in [6.07, 6.45) is 2.20. The topological polar surface area (TPSA) is 9.23 Å². The van der Waals surface area contributed by atoms with Gasteiger partial charge in [-0.3, -0.25) is 0 Å². The molecular formula is C10H9Br2ClO. The molecule has 0 spiro atoms. The van der Waals surface area contributed by atoms with Crippen LogP contribution in [0.1, 0.15) is 12.8 Å². The van der Waals surface area contributed by atoms with Crippen LogP contribution in [-0.2, 0) is 0 Å². The van der Waals surface area contributed by atoms with Gasteiger partial charge in [0, 0.05) is 9.80 Å².